The summed E-state index contributed by atoms with van der Waals surface area (Å²) in [6, 6.07) is 3.92. The van der Waals surface area contributed by atoms with Gasteiger partial charge in [-0.1, -0.05) is 0 Å². The van der Waals surface area contributed by atoms with E-state index in [1.165, 1.54) is 0 Å². The molecule has 2 heterocycles. The Kier molecular flexibility index (Phi) is 2.51. The first-order valence-corrected chi connectivity index (χ1v) is 4.99. The highest BCUT2D eigenvalue weighted by Crippen LogP contribution is 2.27. The maximum atomic E-state index is 5.19. The van der Waals surface area contributed by atoms with Gasteiger partial charge in [0, 0.05) is 26.4 Å². The third kappa shape index (κ3) is 1.69. The molecule has 1 saturated heterocycles. The predicted molar refractivity (Wildman–Crippen MR) is 54.9 cm³/mol. The largest absolute Gasteiger partial charge is 0.378 e. The van der Waals surface area contributed by atoms with E-state index in [0.29, 0.717) is 6.10 Å². The molecule has 0 unspecified atom stereocenters. The minimum atomic E-state index is 0.369. The summed E-state index contributed by atoms with van der Waals surface area (Å²) in [6.07, 6.45) is 2.18. The summed E-state index contributed by atoms with van der Waals surface area (Å²) in [4.78, 5) is 6.49. The molecule has 0 saturated carbocycles. The highest BCUT2D eigenvalue weighted by molar-refractivity contribution is 9.10. The van der Waals surface area contributed by atoms with E-state index in [1.807, 2.05) is 12.1 Å². The summed E-state index contributed by atoms with van der Waals surface area (Å²) in [6.45, 7) is 1.87. The molecular weight excluding hydrogens is 232 g/mol. The molecule has 1 aromatic heterocycles. The molecule has 13 heavy (non-hydrogen) atoms. The quantitative estimate of drug-likeness (QED) is 0.790. The van der Waals surface area contributed by atoms with Crippen LogP contribution >= 0.6 is 15.9 Å². The van der Waals surface area contributed by atoms with E-state index in [1.54, 1.807) is 13.3 Å². The highest BCUT2D eigenvalue weighted by Gasteiger charge is 2.28. The molecule has 0 atom stereocenters. The normalized spacial score (nSPS) is 17.2. The van der Waals surface area contributed by atoms with E-state index in [4.69, 9.17) is 4.74 Å². The molecule has 70 valence electrons. The fraction of sp³-hybridized carbons (Fsp3) is 0.444. The molecule has 0 aliphatic carbocycles. The Morgan fingerprint density at radius 2 is 2.38 bits per heavy atom. The van der Waals surface area contributed by atoms with Crippen molar-refractivity contribution in [3.63, 3.8) is 0 Å². The Morgan fingerprint density at radius 3 is 3.00 bits per heavy atom. The number of methoxy groups -OCH3 is 1. The van der Waals surface area contributed by atoms with E-state index < -0.39 is 0 Å². The van der Waals surface area contributed by atoms with Gasteiger partial charge in [-0.05, 0) is 28.1 Å². The van der Waals surface area contributed by atoms with Crippen molar-refractivity contribution < 1.29 is 4.74 Å². The first kappa shape index (κ1) is 8.97. The van der Waals surface area contributed by atoms with Crippen molar-refractivity contribution in [1.29, 1.82) is 0 Å². The lowest BCUT2D eigenvalue weighted by atomic mass is 10.1. The molecule has 0 N–H and O–H groups in total. The Hall–Kier alpha value is -0.610. The van der Waals surface area contributed by atoms with Crippen molar-refractivity contribution in [3.05, 3.63) is 22.8 Å². The summed E-state index contributed by atoms with van der Waals surface area (Å²) >= 11 is 3.47. The lowest BCUT2D eigenvalue weighted by molar-refractivity contribution is 0.0782. The van der Waals surface area contributed by atoms with Gasteiger partial charge in [-0.2, -0.15) is 0 Å². The SMILES string of the molecule is COC1CN(c2ncccc2Br)C1. The Morgan fingerprint density at radius 1 is 1.62 bits per heavy atom. The molecule has 0 aromatic carbocycles. The van der Waals surface area contributed by atoms with Crippen LogP contribution in [0.15, 0.2) is 22.8 Å². The summed E-state index contributed by atoms with van der Waals surface area (Å²) in [5.74, 6) is 1.01. The van der Waals surface area contributed by atoms with Crippen LogP contribution in [-0.4, -0.2) is 31.3 Å². The van der Waals surface area contributed by atoms with E-state index in [0.717, 1.165) is 23.4 Å². The van der Waals surface area contributed by atoms with Crippen molar-refractivity contribution in [1.82, 2.24) is 4.98 Å². The second-order valence-corrected chi connectivity index (χ2v) is 3.93. The molecule has 0 bridgehead atoms. The van der Waals surface area contributed by atoms with Crippen molar-refractivity contribution >= 4 is 21.7 Å². The average molecular weight is 243 g/mol. The maximum absolute atomic E-state index is 5.19. The number of hydrogen-bond donors (Lipinski definition) is 0. The van der Waals surface area contributed by atoms with Crippen LogP contribution in [0.5, 0.6) is 0 Å². The molecule has 1 aliphatic rings. The van der Waals surface area contributed by atoms with Gasteiger partial charge in [0.1, 0.15) is 5.82 Å². The van der Waals surface area contributed by atoms with Gasteiger partial charge in [-0.3, -0.25) is 0 Å². The standard InChI is InChI=1S/C9H11BrN2O/c1-13-7-5-12(6-7)9-8(10)3-2-4-11-9/h2-4,7H,5-6H2,1H3. The number of pyridine rings is 1. The number of rotatable bonds is 2. The Balaban J connectivity index is 2.07. The van der Waals surface area contributed by atoms with Gasteiger partial charge >= 0.3 is 0 Å². The van der Waals surface area contributed by atoms with Crippen molar-refractivity contribution in [3.8, 4) is 0 Å². The zero-order chi connectivity index (χ0) is 9.26. The van der Waals surface area contributed by atoms with Crippen LogP contribution in [0, 0.1) is 0 Å². The summed E-state index contributed by atoms with van der Waals surface area (Å²) < 4.78 is 6.24. The van der Waals surface area contributed by atoms with Crippen LogP contribution in [0.1, 0.15) is 0 Å². The summed E-state index contributed by atoms with van der Waals surface area (Å²) in [5, 5.41) is 0. The minimum Gasteiger partial charge on any atom is -0.378 e. The van der Waals surface area contributed by atoms with E-state index in [-0.39, 0.29) is 0 Å². The number of halogens is 1. The van der Waals surface area contributed by atoms with E-state index >= 15 is 0 Å². The number of ether oxygens (including phenoxy) is 1. The van der Waals surface area contributed by atoms with Gasteiger partial charge in [0.05, 0.1) is 10.6 Å². The predicted octanol–water partition coefficient (Wildman–Crippen LogP) is 1.68. The van der Waals surface area contributed by atoms with Crippen molar-refractivity contribution in [2.24, 2.45) is 0 Å². The minimum absolute atomic E-state index is 0.369. The molecule has 4 heteroatoms. The van der Waals surface area contributed by atoms with Crippen LogP contribution in [0.2, 0.25) is 0 Å². The molecule has 1 aromatic rings. The number of anilines is 1. The first-order chi connectivity index (χ1) is 6.31. The highest BCUT2D eigenvalue weighted by atomic mass is 79.9. The molecule has 0 radical (unpaired) electrons. The number of aromatic nitrogens is 1. The lowest BCUT2D eigenvalue weighted by Gasteiger charge is -2.39. The smallest absolute Gasteiger partial charge is 0.143 e. The van der Waals surface area contributed by atoms with E-state index in [2.05, 4.69) is 25.8 Å². The number of hydrogen-bond acceptors (Lipinski definition) is 3. The maximum Gasteiger partial charge on any atom is 0.143 e. The molecule has 1 aliphatic heterocycles. The Labute approximate surface area is 85.8 Å². The molecular formula is C9H11BrN2O. The lowest BCUT2D eigenvalue weighted by Crippen LogP contribution is -2.52. The summed E-state index contributed by atoms with van der Waals surface area (Å²) in [7, 11) is 1.75. The zero-order valence-electron chi connectivity index (χ0n) is 7.40. The van der Waals surface area contributed by atoms with Gasteiger partial charge in [0.15, 0.2) is 0 Å². The van der Waals surface area contributed by atoms with Gasteiger partial charge in [0.25, 0.3) is 0 Å². The van der Waals surface area contributed by atoms with Crippen molar-refractivity contribution in [2.75, 3.05) is 25.1 Å². The van der Waals surface area contributed by atoms with Gasteiger partial charge in [-0.25, -0.2) is 4.98 Å². The second kappa shape index (κ2) is 3.64. The molecule has 3 nitrogen and oxygen atoms in total. The molecule has 1 fully saturated rings. The zero-order valence-corrected chi connectivity index (χ0v) is 8.99. The third-order valence-corrected chi connectivity index (χ3v) is 2.84. The fourth-order valence-corrected chi connectivity index (χ4v) is 1.88. The van der Waals surface area contributed by atoms with Gasteiger partial charge in [0.2, 0.25) is 0 Å². The molecule has 0 amide bonds. The van der Waals surface area contributed by atoms with Crippen LogP contribution in [0.3, 0.4) is 0 Å². The Bertz CT molecular complexity index is 299. The van der Waals surface area contributed by atoms with Gasteiger partial charge < -0.3 is 9.64 Å². The van der Waals surface area contributed by atoms with Crippen LogP contribution < -0.4 is 4.90 Å². The monoisotopic (exact) mass is 242 g/mol. The van der Waals surface area contributed by atoms with Crippen LogP contribution in [0.4, 0.5) is 5.82 Å². The number of nitrogens with zero attached hydrogens (tertiary/aromatic N) is 2. The average Bonchev–Trinajstić information content (AvgIpc) is 2.06. The molecule has 0 spiro atoms. The van der Waals surface area contributed by atoms with Crippen molar-refractivity contribution in [2.45, 2.75) is 6.10 Å². The summed E-state index contributed by atoms with van der Waals surface area (Å²) in [5.41, 5.74) is 0. The van der Waals surface area contributed by atoms with Crippen LogP contribution in [0.25, 0.3) is 0 Å². The first-order valence-electron chi connectivity index (χ1n) is 4.19. The topological polar surface area (TPSA) is 25.4 Å². The second-order valence-electron chi connectivity index (χ2n) is 3.07. The van der Waals surface area contributed by atoms with Crippen LogP contribution in [-0.2, 0) is 4.74 Å². The fourth-order valence-electron chi connectivity index (χ4n) is 1.37. The molecule has 2 rings (SSSR count). The third-order valence-electron chi connectivity index (χ3n) is 2.22. The van der Waals surface area contributed by atoms with Gasteiger partial charge in [-0.15, -0.1) is 0 Å². The van der Waals surface area contributed by atoms with E-state index in [9.17, 15) is 0 Å².